The van der Waals surface area contributed by atoms with E-state index in [1.165, 1.54) is 34.0 Å². The van der Waals surface area contributed by atoms with Gasteiger partial charge in [-0.1, -0.05) is 44.2 Å². The quantitative estimate of drug-likeness (QED) is 0.504. The molecule has 5 rings (SSSR count). The second-order valence-corrected chi connectivity index (χ2v) is 7.55. The maximum Gasteiger partial charge on any atom is 0.106 e. The van der Waals surface area contributed by atoms with Gasteiger partial charge in [-0.15, -0.1) is 0 Å². The van der Waals surface area contributed by atoms with Crippen LogP contribution in [0.25, 0.3) is 22.2 Å². The molecule has 0 aliphatic heterocycles. The second-order valence-electron chi connectivity index (χ2n) is 7.02. The first-order valence-corrected chi connectivity index (χ1v) is 9.10. The molecule has 4 aromatic rings. The van der Waals surface area contributed by atoms with E-state index in [1.54, 1.807) is 0 Å². The molecule has 0 bridgehead atoms. The highest BCUT2D eigenvalue weighted by atomic mass is 32.1. The van der Waals surface area contributed by atoms with E-state index < -0.39 is 0 Å². The number of fused-ring (bicyclic) bond motifs is 4. The fourth-order valence-electron chi connectivity index (χ4n) is 3.81. The molecule has 1 heterocycles. The van der Waals surface area contributed by atoms with Gasteiger partial charge in [-0.2, -0.15) is 8.75 Å². The monoisotopic (exact) mass is 343 g/mol. The van der Waals surface area contributed by atoms with Crippen LogP contribution >= 0.6 is 11.7 Å². The zero-order valence-electron chi connectivity index (χ0n) is 14.1. The summed E-state index contributed by atoms with van der Waals surface area (Å²) in [6, 6.07) is 21.5. The molecule has 1 aliphatic rings. The molecular formula is C21H17N3S. The summed E-state index contributed by atoms with van der Waals surface area (Å²) in [7, 11) is 0. The van der Waals surface area contributed by atoms with E-state index in [-0.39, 0.29) is 5.41 Å². The number of aromatic nitrogens is 2. The molecule has 0 saturated carbocycles. The van der Waals surface area contributed by atoms with Crippen molar-refractivity contribution in [3.05, 3.63) is 71.8 Å². The molecule has 0 unspecified atom stereocenters. The van der Waals surface area contributed by atoms with Crippen molar-refractivity contribution in [1.82, 2.24) is 8.75 Å². The number of rotatable bonds is 2. The van der Waals surface area contributed by atoms with Gasteiger partial charge in [0.1, 0.15) is 11.0 Å². The summed E-state index contributed by atoms with van der Waals surface area (Å²) in [5.41, 5.74) is 9.49. The third-order valence-corrected chi connectivity index (χ3v) is 5.68. The summed E-state index contributed by atoms with van der Waals surface area (Å²) >= 11 is 1.25. The maximum atomic E-state index is 4.32. The molecular weight excluding hydrogens is 326 g/mol. The molecule has 0 atom stereocenters. The van der Waals surface area contributed by atoms with Crippen molar-refractivity contribution in [2.24, 2.45) is 0 Å². The average Bonchev–Trinajstić information content (AvgIpc) is 3.17. The van der Waals surface area contributed by atoms with Crippen LogP contribution in [0.2, 0.25) is 0 Å². The van der Waals surface area contributed by atoms with Gasteiger partial charge in [-0.3, -0.25) is 0 Å². The molecule has 122 valence electrons. The van der Waals surface area contributed by atoms with Crippen molar-refractivity contribution in [3.63, 3.8) is 0 Å². The summed E-state index contributed by atoms with van der Waals surface area (Å²) in [6.07, 6.45) is 0. The lowest BCUT2D eigenvalue weighted by Crippen LogP contribution is -2.15. The van der Waals surface area contributed by atoms with E-state index in [2.05, 4.69) is 76.4 Å². The number of nitrogens with zero attached hydrogens (tertiary/aromatic N) is 2. The van der Waals surface area contributed by atoms with Crippen molar-refractivity contribution >= 4 is 34.1 Å². The lowest BCUT2D eigenvalue weighted by molar-refractivity contribution is 0.660. The first-order chi connectivity index (χ1) is 12.1. The highest BCUT2D eigenvalue weighted by Crippen LogP contribution is 2.49. The van der Waals surface area contributed by atoms with Gasteiger partial charge >= 0.3 is 0 Å². The summed E-state index contributed by atoms with van der Waals surface area (Å²) in [5.74, 6) is 0. The zero-order valence-corrected chi connectivity index (χ0v) is 14.9. The van der Waals surface area contributed by atoms with Crippen LogP contribution in [0.3, 0.4) is 0 Å². The first kappa shape index (κ1) is 14.6. The van der Waals surface area contributed by atoms with Crippen LogP contribution in [0.15, 0.2) is 60.7 Å². The standard InChI is InChI=1S/C21H17N3S/c1-21(2)17-6-4-3-5-15(17)16-9-7-13(11-18(16)21)22-14-8-10-19-20(12-14)24-25-23-19/h3-12,22H,1-2H3. The minimum absolute atomic E-state index is 0.0202. The molecule has 1 aromatic heterocycles. The number of hydrogen-bond acceptors (Lipinski definition) is 4. The van der Waals surface area contributed by atoms with Crippen LogP contribution in [-0.4, -0.2) is 8.75 Å². The first-order valence-electron chi connectivity index (χ1n) is 8.37. The van der Waals surface area contributed by atoms with E-state index in [4.69, 9.17) is 0 Å². The summed E-state index contributed by atoms with van der Waals surface area (Å²) in [6.45, 7) is 4.60. The predicted octanol–water partition coefficient (Wildman–Crippen LogP) is 5.74. The minimum Gasteiger partial charge on any atom is -0.355 e. The molecule has 0 fully saturated rings. The van der Waals surface area contributed by atoms with Gasteiger partial charge < -0.3 is 5.32 Å². The third kappa shape index (κ3) is 2.18. The number of benzene rings is 3. The normalized spacial score (nSPS) is 14.3. The third-order valence-electron chi connectivity index (χ3n) is 5.13. The Kier molecular flexibility index (Phi) is 3.00. The van der Waals surface area contributed by atoms with E-state index in [0.29, 0.717) is 0 Å². The van der Waals surface area contributed by atoms with Crippen LogP contribution in [0.5, 0.6) is 0 Å². The average molecular weight is 343 g/mol. The smallest absolute Gasteiger partial charge is 0.106 e. The van der Waals surface area contributed by atoms with Crippen LogP contribution in [0, 0.1) is 0 Å². The van der Waals surface area contributed by atoms with Crippen molar-refractivity contribution in [2.75, 3.05) is 5.32 Å². The topological polar surface area (TPSA) is 37.8 Å². The SMILES string of the molecule is CC1(C)c2ccccc2-c2ccc(Nc3ccc4nsnc4c3)cc21. The van der Waals surface area contributed by atoms with Gasteiger partial charge in [0, 0.05) is 16.8 Å². The van der Waals surface area contributed by atoms with Gasteiger partial charge in [0.15, 0.2) is 0 Å². The van der Waals surface area contributed by atoms with Gasteiger partial charge in [0.05, 0.1) is 11.7 Å². The molecule has 4 heteroatoms. The van der Waals surface area contributed by atoms with E-state index >= 15 is 0 Å². The van der Waals surface area contributed by atoms with Gasteiger partial charge in [0.2, 0.25) is 0 Å². The van der Waals surface area contributed by atoms with Crippen molar-refractivity contribution in [3.8, 4) is 11.1 Å². The molecule has 0 saturated heterocycles. The van der Waals surface area contributed by atoms with E-state index in [0.717, 1.165) is 22.4 Å². The summed E-state index contributed by atoms with van der Waals surface area (Å²) in [4.78, 5) is 0. The Bertz CT molecular complexity index is 1110. The van der Waals surface area contributed by atoms with Crippen LogP contribution in [0.1, 0.15) is 25.0 Å². The molecule has 0 radical (unpaired) electrons. The molecule has 3 nitrogen and oxygen atoms in total. The lowest BCUT2D eigenvalue weighted by atomic mass is 9.82. The van der Waals surface area contributed by atoms with Crippen molar-refractivity contribution in [2.45, 2.75) is 19.3 Å². The highest BCUT2D eigenvalue weighted by Gasteiger charge is 2.35. The predicted molar refractivity (Wildman–Crippen MR) is 105 cm³/mol. The van der Waals surface area contributed by atoms with E-state index in [9.17, 15) is 0 Å². The lowest BCUT2D eigenvalue weighted by Gasteiger charge is -2.22. The number of hydrogen-bond donors (Lipinski definition) is 1. The van der Waals surface area contributed by atoms with Gasteiger partial charge in [-0.25, -0.2) is 0 Å². The van der Waals surface area contributed by atoms with E-state index in [1.807, 2.05) is 12.1 Å². The van der Waals surface area contributed by atoms with Gasteiger partial charge in [-0.05, 0) is 52.6 Å². The Morgan fingerprint density at radius 2 is 1.48 bits per heavy atom. The Morgan fingerprint density at radius 1 is 0.760 bits per heavy atom. The highest BCUT2D eigenvalue weighted by molar-refractivity contribution is 7.00. The Morgan fingerprint density at radius 3 is 2.40 bits per heavy atom. The second kappa shape index (κ2) is 5.14. The van der Waals surface area contributed by atoms with Crippen LogP contribution < -0.4 is 5.32 Å². The fourth-order valence-corrected chi connectivity index (χ4v) is 4.33. The maximum absolute atomic E-state index is 4.32. The molecule has 3 aromatic carbocycles. The Hall–Kier alpha value is -2.72. The summed E-state index contributed by atoms with van der Waals surface area (Å²) < 4.78 is 8.58. The Labute approximate surface area is 150 Å². The Balaban J connectivity index is 1.56. The van der Waals surface area contributed by atoms with Crippen molar-refractivity contribution in [1.29, 1.82) is 0 Å². The number of anilines is 2. The molecule has 25 heavy (non-hydrogen) atoms. The van der Waals surface area contributed by atoms with Crippen molar-refractivity contribution < 1.29 is 0 Å². The number of nitrogens with one attached hydrogen (secondary N) is 1. The zero-order chi connectivity index (χ0) is 17.0. The molecule has 0 amide bonds. The molecule has 0 spiro atoms. The van der Waals surface area contributed by atoms with Crippen LogP contribution in [0.4, 0.5) is 11.4 Å². The largest absolute Gasteiger partial charge is 0.355 e. The summed E-state index contributed by atoms with van der Waals surface area (Å²) in [5, 5.41) is 3.52. The molecule has 1 N–H and O–H groups in total. The van der Waals surface area contributed by atoms with Crippen LogP contribution in [-0.2, 0) is 5.41 Å². The molecule has 1 aliphatic carbocycles. The minimum atomic E-state index is 0.0202. The van der Waals surface area contributed by atoms with Gasteiger partial charge in [0.25, 0.3) is 0 Å². The fraction of sp³-hybridized carbons (Fsp3) is 0.143.